The molecular formula is C86H54N8. The minimum absolute atomic E-state index is 0.646. The molecule has 0 saturated carbocycles. The fraction of sp³-hybridized carbons (Fsp3) is 0. The molecule has 19 aromatic rings. The molecule has 19 rings (SSSR count). The third-order valence-corrected chi connectivity index (χ3v) is 18.2. The van der Waals surface area contributed by atoms with Gasteiger partial charge in [-0.3, -0.25) is 0 Å². The zero-order chi connectivity index (χ0) is 62.1. The first-order valence-corrected chi connectivity index (χ1v) is 31.7. The van der Waals surface area contributed by atoms with Crippen molar-refractivity contribution >= 4 is 97.5 Å². The van der Waals surface area contributed by atoms with E-state index in [0.717, 1.165) is 71.7 Å². The summed E-state index contributed by atoms with van der Waals surface area (Å²) in [7, 11) is 0. The van der Waals surface area contributed by atoms with Crippen LogP contribution in [0, 0.1) is 0 Å². The van der Waals surface area contributed by atoms with E-state index in [1.807, 2.05) is 78.9 Å². The van der Waals surface area contributed by atoms with Gasteiger partial charge in [-0.25, -0.2) is 29.9 Å². The normalized spacial score (nSPS) is 11.6. The summed E-state index contributed by atoms with van der Waals surface area (Å²) in [6.07, 6.45) is 0. The summed E-state index contributed by atoms with van der Waals surface area (Å²) in [5.41, 5.74) is 12.7. The van der Waals surface area contributed by atoms with Gasteiger partial charge in [-0.15, -0.1) is 0 Å². The highest BCUT2D eigenvalue weighted by molar-refractivity contribution is 6.17. The van der Waals surface area contributed by atoms with E-state index in [2.05, 4.69) is 258 Å². The lowest BCUT2D eigenvalue weighted by Gasteiger charge is -2.15. The summed E-state index contributed by atoms with van der Waals surface area (Å²) in [5.74, 6) is 3.91. The predicted octanol–water partition coefficient (Wildman–Crippen LogP) is 21.7. The molecule has 438 valence electrons. The molecule has 4 aromatic heterocycles. The van der Waals surface area contributed by atoms with Gasteiger partial charge in [0.05, 0.1) is 33.4 Å². The van der Waals surface area contributed by atoms with E-state index >= 15 is 0 Å². The lowest BCUT2D eigenvalue weighted by molar-refractivity contribution is 1.08. The molecule has 94 heavy (non-hydrogen) atoms. The van der Waals surface area contributed by atoms with Crippen LogP contribution >= 0.6 is 0 Å². The van der Waals surface area contributed by atoms with Crippen LogP contribution in [0.25, 0.3) is 177 Å². The van der Waals surface area contributed by atoms with Crippen molar-refractivity contribution in [3.63, 3.8) is 0 Å². The molecule has 0 aliphatic rings. The fourth-order valence-electron chi connectivity index (χ4n) is 13.8. The highest BCUT2D eigenvalue weighted by Crippen LogP contribution is 2.42. The third-order valence-electron chi connectivity index (χ3n) is 18.2. The Morgan fingerprint density at radius 3 is 0.894 bits per heavy atom. The highest BCUT2D eigenvalue weighted by atomic mass is 15.0. The number of aromatic nitrogens is 8. The standard InChI is InChI=1S/C45H28N4.C41H26N4/c1-2-13-30(14-3-1)43-46-44(34-23-22-29-12-4-5-15-31(29)26-34)48-45(47-43)38-24-25-41(36-19-9-8-18-35(36)38)49-40-21-11-10-20-37(40)39-27-32-16-6-7-17-33(32)28-42(39)49;1-3-13-27(14-4-1)39-42-40(28-15-5-2-6-16-28)44-41(43-39)34-23-24-37(32-20-10-9-19-31(32)34)45-36-22-12-11-21-33(36)35-25-29-17-7-8-18-30(29)26-38(35)45/h1-28H;1-26H. The molecule has 0 aliphatic carbocycles. The molecule has 0 amide bonds. The van der Waals surface area contributed by atoms with Gasteiger partial charge in [-0.05, 0) is 110 Å². The van der Waals surface area contributed by atoms with Crippen molar-refractivity contribution in [2.75, 3.05) is 0 Å². The molecule has 15 aromatic carbocycles. The number of nitrogens with zero attached hydrogens (tertiary/aromatic N) is 8. The minimum Gasteiger partial charge on any atom is -0.309 e. The molecule has 8 heteroatoms. The van der Waals surface area contributed by atoms with Crippen molar-refractivity contribution < 1.29 is 0 Å². The van der Waals surface area contributed by atoms with Gasteiger partial charge in [0.25, 0.3) is 0 Å². The SMILES string of the molecule is c1ccc(-c2nc(-c3ccc4ccccc4c3)nc(-c3ccc(-n4c5ccccc5c5cc6ccccc6cc54)c4ccccc34)n2)cc1.c1ccc(-c2nc(-c3ccccc3)nc(-c3ccc(-n4c5ccccc5c5cc6ccccc6cc54)c4ccccc34)n2)cc1. The fourth-order valence-corrected chi connectivity index (χ4v) is 13.8. The van der Waals surface area contributed by atoms with Gasteiger partial charge in [0, 0.05) is 65.7 Å². The van der Waals surface area contributed by atoms with Crippen LogP contribution in [0.15, 0.2) is 328 Å². The Kier molecular flexibility index (Phi) is 13.0. The number of fused-ring (bicyclic) bond motifs is 11. The average Bonchev–Trinajstić information content (AvgIpc) is 1.53. The molecule has 0 unspecified atom stereocenters. The second-order valence-corrected chi connectivity index (χ2v) is 23.8. The van der Waals surface area contributed by atoms with Gasteiger partial charge in [0.1, 0.15) is 0 Å². The molecule has 0 radical (unpaired) electrons. The summed E-state index contributed by atoms with van der Waals surface area (Å²) in [6.45, 7) is 0. The van der Waals surface area contributed by atoms with Crippen molar-refractivity contribution in [2.24, 2.45) is 0 Å². The Hall–Kier alpha value is -12.8. The Bertz CT molecular complexity index is 6120. The molecular weight excluding hydrogens is 1150 g/mol. The smallest absolute Gasteiger partial charge is 0.164 e. The van der Waals surface area contributed by atoms with Crippen LogP contribution < -0.4 is 0 Å². The molecule has 0 fully saturated rings. The maximum absolute atomic E-state index is 5.15. The van der Waals surface area contributed by atoms with Crippen LogP contribution in [0.2, 0.25) is 0 Å². The zero-order valence-electron chi connectivity index (χ0n) is 50.8. The van der Waals surface area contributed by atoms with Crippen molar-refractivity contribution in [2.45, 2.75) is 0 Å². The largest absolute Gasteiger partial charge is 0.309 e. The maximum atomic E-state index is 5.15. The molecule has 0 spiro atoms. The van der Waals surface area contributed by atoms with E-state index < -0.39 is 0 Å². The minimum atomic E-state index is 0.646. The highest BCUT2D eigenvalue weighted by Gasteiger charge is 2.22. The van der Waals surface area contributed by atoms with Crippen LogP contribution in [0.3, 0.4) is 0 Å². The van der Waals surface area contributed by atoms with E-state index in [-0.39, 0.29) is 0 Å². The quantitative estimate of drug-likeness (QED) is 0.151. The van der Waals surface area contributed by atoms with Crippen LogP contribution in [0.5, 0.6) is 0 Å². The number of hydrogen-bond acceptors (Lipinski definition) is 6. The van der Waals surface area contributed by atoms with Crippen LogP contribution in [-0.2, 0) is 0 Å². The first-order valence-electron chi connectivity index (χ1n) is 31.7. The van der Waals surface area contributed by atoms with E-state index in [9.17, 15) is 0 Å². The van der Waals surface area contributed by atoms with E-state index in [0.29, 0.717) is 34.9 Å². The monoisotopic (exact) mass is 1200 g/mol. The second kappa shape index (κ2) is 22.6. The Labute approximate surface area is 540 Å². The summed E-state index contributed by atoms with van der Waals surface area (Å²) in [6, 6.07) is 115. The van der Waals surface area contributed by atoms with Crippen molar-refractivity contribution in [3.8, 4) is 79.7 Å². The van der Waals surface area contributed by atoms with Crippen LogP contribution in [-0.4, -0.2) is 39.0 Å². The summed E-state index contributed by atoms with van der Waals surface area (Å²) < 4.78 is 4.81. The molecule has 0 bridgehead atoms. The van der Waals surface area contributed by atoms with Gasteiger partial charge in [-0.1, -0.05) is 261 Å². The molecule has 4 heterocycles. The summed E-state index contributed by atoms with van der Waals surface area (Å²) in [4.78, 5) is 30.3. The van der Waals surface area contributed by atoms with Gasteiger partial charge in [-0.2, -0.15) is 0 Å². The van der Waals surface area contributed by atoms with Crippen molar-refractivity contribution in [3.05, 3.63) is 328 Å². The first-order chi connectivity index (χ1) is 46.6. The first kappa shape index (κ1) is 54.2. The Morgan fingerprint density at radius 2 is 0.479 bits per heavy atom. The number of rotatable bonds is 8. The number of hydrogen-bond donors (Lipinski definition) is 0. The second-order valence-electron chi connectivity index (χ2n) is 23.8. The topological polar surface area (TPSA) is 87.2 Å². The molecule has 0 aliphatic heterocycles. The molecule has 0 N–H and O–H groups in total. The molecule has 0 saturated heterocycles. The third kappa shape index (κ3) is 9.39. The van der Waals surface area contributed by atoms with Crippen molar-refractivity contribution in [1.82, 2.24) is 39.0 Å². The average molecular weight is 1200 g/mol. The Morgan fingerprint density at radius 1 is 0.170 bits per heavy atom. The Balaban J connectivity index is 0.000000138. The van der Waals surface area contributed by atoms with Gasteiger partial charge < -0.3 is 9.13 Å². The molecule has 8 nitrogen and oxygen atoms in total. The lowest BCUT2D eigenvalue weighted by atomic mass is 10.0. The number of benzene rings is 15. The summed E-state index contributed by atoms with van der Waals surface area (Å²) >= 11 is 0. The molecule has 0 atom stereocenters. The van der Waals surface area contributed by atoms with Gasteiger partial charge >= 0.3 is 0 Å². The van der Waals surface area contributed by atoms with E-state index in [1.165, 1.54) is 70.5 Å². The summed E-state index contributed by atoms with van der Waals surface area (Å²) in [5, 5.41) is 16.7. The van der Waals surface area contributed by atoms with Gasteiger partial charge in [0.2, 0.25) is 0 Å². The van der Waals surface area contributed by atoms with Crippen LogP contribution in [0.4, 0.5) is 0 Å². The van der Waals surface area contributed by atoms with Crippen LogP contribution in [0.1, 0.15) is 0 Å². The predicted molar refractivity (Wildman–Crippen MR) is 388 cm³/mol. The zero-order valence-corrected chi connectivity index (χ0v) is 50.8. The van der Waals surface area contributed by atoms with Gasteiger partial charge in [0.15, 0.2) is 34.9 Å². The number of para-hydroxylation sites is 2. The van der Waals surface area contributed by atoms with Crippen molar-refractivity contribution in [1.29, 1.82) is 0 Å². The maximum Gasteiger partial charge on any atom is 0.164 e. The lowest BCUT2D eigenvalue weighted by Crippen LogP contribution is -2.01. The van der Waals surface area contributed by atoms with E-state index in [1.54, 1.807) is 0 Å². The van der Waals surface area contributed by atoms with E-state index in [4.69, 9.17) is 29.9 Å².